The molecule has 0 spiro atoms. The summed E-state index contributed by atoms with van der Waals surface area (Å²) >= 11 is 0. The zero-order chi connectivity index (χ0) is 15.5. The quantitative estimate of drug-likeness (QED) is 0.872. The lowest BCUT2D eigenvalue weighted by Gasteiger charge is -2.26. The van der Waals surface area contributed by atoms with Gasteiger partial charge in [-0.25, -0.2) is 12.8 Å². The predicted octanol–water partition coefficient (Wildman–Crippen LogP) is 3.03. The Bertz CT molecular complexity index is 657. The highest BCUT2D eigenvalue weighted by atomic mass is 32.2. The Morgan fingerprint density at radius 2 is 1.86 bits per heavy atom. The molecule has 1 saturated carbocycles. The SMILES string of the molecule is Cc1ccc(F)cc1S(=O)(=O)NC1(C#N)CCCCCC1. The van der Waals surface area contributed by atoms with E-state index in [-0.39, 0.29) is 4.90 Å². The first-order valence-electron chi connectivity index (χ1n) is 7.10. The summed E-state index contributed by atoms with van der Waals surface area (Å²) in [5.41, 5.74) is -0.612. The molecule has 114 valence electrons. The number of benzene rings is 1. The Kier molecular flexibility index (Phi) is 4.64. The van der Waals surface area contributed by atoms with E-state index in [1.54, 1.807) is 6.92 Å². The van der Waals surface area contributed by atoms with Crippen molar-refractivity contribution in [3.8, 4) is 6.07 Å². The molecule has 0 bridgehead atoms. The van der Waals surface area contributed by atoms with Gasteiger partial charge in [-0.05, 0) is 37.5 Å². The minimum absolute atomic E-state index is 0.0960. The number of nitrogens with one attached hydrogen (secondary N) is 1. The van der Waals surface area contributed by atoms with Gasteiger partial charge in [0.1, 0.15) is 11.4 Å². The van der Waals surface area contributed by atoms with Crippen LogP contribution in [0, 0.1) is 24.1 Å². The lowest BCUT2D eigenvalue weighted by Crippen LogP contribution is -2.47. The van der Waals surface area contributed by atoms with Gasteiger partial charge in [-0.1, -0.05) is 31.7 Å². The fraction of sp³-hybridized carbons (Fsp3) is 0.533. The molecule has 0 unspecified atom stereocenters. The van der Waals surface area contributed by atoms with E-state index in [2.05, 4.69) is 10.8 Å². The Morgan fingerprint density at radius 1 is 1.24 bits per heavy atom. The number of rotatable bonds is 3. The third-order valence-electron chi connectivity index (χ3n) is 3.94. The molecular formula is C15H19FN2O2S. The fourth-order valence-corrected chi connectivity index (χ4v) is 4.38. The van der Waals surface area contributed by atoms with Gasteiger partial charge in [0.2, 0.25) is 10.0 Å². The standard InChI is InChI=1S/C15H19FN2O2S/c1-12-6-7-13(16)10-14(12)21(19,20)18-15(11-17)8-4-2-3-5-9-15/h6-7,10,18H,2-5,8-9H2,1H3. The summed E-state index contributed by atoms with van der Waals surface area (Å²) in [5.74, 6) is -0.604. The summed E-state index contributed by atoms with van der Waals surface area (Å²) in [6.45, 7) is 1.61. The number of sulfonamides is 1. The van der Waals surface area contributed by atoms with E-state index in [1.807, 2.05) is 0 Å². The maximum absolute atomic E-state index is 13.3. The highest BCUT2D eigenvalue weighted by Crippen LogP contribution is 2.29. The predicted molar refractivity (Wildman–Crippen MR) is 77.5 cm³/mol. The van der Waals surface area contributed by atoms with Gasteiger partial charge in [-0.15, -0.1) is 0 Å². The van der Waals surface area contributed by atoms with Crippen LogP contribution in [-0.2, 0) is 10.0 Å². The highest BCUT2D eigenvalue weighted by molar-refractivity contribution is 7.89. The molecule has 0 heterocycles. The molecule has 1 aliphatic rings. The van der Waals surface area contributed by atoms with Gasteiger partial charge in [0.25, 0.3) is 0 Å². The van der Waals surface area contributed by atoms with E-state index in [1.165, 1.54) is 12.1 Å². The maximum atomic E-state index is 13.3. The summed E-state index contributed by atoms with van der Waals surface area (Å²) < 4.78 is 40.9. The van der Waals surface area contributed by atoms with Gasteiger partial charge < -0.3 is 0 Å². The second-order valence-electron chi connectivity index (χ2n) is 5.62. The average Bonchev–Trinajstić information content (AvgIpc) is 2.67. The zero-order valence-corrected chi connectivity index (χ0v) is 12.8. The molecule has 1 N–H and O–H groups in total. The molecule has 0 atom stereocenters. The van der Waals surface area contributed by atoms with Gasteiger partial charge in [-0.3, -0.25) is 0 Å². The van der Waals surface area contributed by atoms with Crippen molar-refractivity contribution in [2.24, 2.45) is 0 Å². The van der Waals surface area contributed by atoms with Gasteiger partial charge >= 0.3 is 0 Å². The molecular weight excluding hydrogens is 291 g/mol. The molecule has 0 aromatic heterocycles. The van der Waals surface area contributed by atoms with Crippen LogP contribution in [0.15, 0.2) is 23.1 Å². The van der Waals surface area contributed by atoms with Crippen molar-refractivity contribution in [3.05, 3.63) is 29.6 Å². The monoisotopic (exact) mass is 310 g/mol. The average molecular weight is 310 g/mol. The Labute approximate surface area is 125 Å². The van der Waals surface area contributed by atoms with Crippen LogP contribution in [0.1, 0.15) is 44.1 Å². The van der Waals surface area contributed by atoms with E-state index >= 15 is 0 Å². The summed E-state index contributed by atoms with van der Waals surface area (Å²) in [4.78, 5) is -0.0960. The first-order chi connectivity index (χ1) is 9.88. The van der Waals surface area contributed by atoms with Crippen molar-refractivity contribution in [2.75, 3.05) is 0 Å². The van der Waals surface area contributed by atoms with Gasteiger partial charge in [0, 0.05) is 0 Å². The molecule has 0 aliphatic heterocycles. The van der Waals surface area contributed by atoms with E-state index in [0.717, 1.165) is 31.7 Å². The molecule has 1 aliphatic carbocycles. The fourth-order valence-electron chi connectivity index (χ4n) is 2.74. The van der Waals surface area contributed by atoms with Crippen molar-refractivity contribution >= 4 is 10.0 Å². The van der Waals surface area contributed by atoms with Crippen LogP contribution in [0.25, 0.3) is 0 Å². The summed E-state index contributed by atoms with van der Waals surface area (Å²) in [6.07, 6.45) is 4.64. The zero-order valence-electron chi connectivity index (χ0n) is 12.0. The van der Waals surface area contributed by atoms with Crippen molar-refractivity contribution in [3.63, 3.8) is 0 Å². The number of nitrogens with zero attached hydrogens (tertiary/aromatic N) is 1. The minimum atomic E-state index is -3.91. The molecule has 1 aromatic rings. The molecule has 21 heavy (non-hydrogen) atoms. The summed E-state index contributed by atoms with van der Waals surface area (Å²) in [5, 5.41) is 9.45. The number of aryl methyl sites for hydroxylation is 1. The Balaban J connectivity index is 2.35. The van der Waals surface area contributed by atoms with Gasteiger partial charge in [0.15, 0.2) is 0 Å². The topological polar surface area (TPSA) is 70.0 Å². The normalized spacial score (nSPS) is 18.7. The van der Waals surface area contributed by atoms with Gasteiger partial charge in [-0.2, -0.15) is 9.98 Å². The number of halogens is 1. The molecule has 0 saturated heterocycles. The molecule has 4 nitrogen and oxygen atoms in total. The third-order valence-corrected chi connectivity index (χ3v) is 5.62. The smallest absolute Gasteiger partial charge is 0.207 e. The lowest BCUT2D eigenvalue weighted by molar-refractivity contribution is 0.421. The van der Waals surface area contributed by atoms with Crippen molar-refractivity contribution in [1.29, 1.82) is 5.26 Å². The third kappa shape index (κ3) is 3.60. The van der Waals surface area contributed by atoms with Crippen molar-refractivity contribution in [1.82, 2.24) is 4.72 Å². The molecule has 6 heteroatoms. The Morgan fingerprint density at radius 3 is 2.43 bits per heavy atom. The van der Waals surface area contributed by atoms with E-state index in [0.29, 0.717) is 18.4 Å². The Hall–Kier alpha value is -1.45. The molecule has 2 rings (SSSR count). The molecule has 0 radical (unpaired) electrons. The molecule has 1 fully saturated rings. The van der Waals surface area contributed by atoms with E-state index in [4.69, 9.17) is 0 Å². The summed E-state index contributed by atoms with van der Waals surface area (Å²) in [7, 11) is -3.91. The minimum Gasteiger partial charge on any atom is -0.207 e. The maximum Gasteiger partial charge on any atom is 0.242 e. The van der Waals surface area contributed by atoms with Crippen LogP contribution in [0.5, 0.6) is 0 Å². The first-order valence-corrected chi connectivity index (χ1v) is 8.58. The van der Waals surface area contributed by atoms with Crippen LogP contribution in [0.3, 0.4) is 0 Å². The first kappa shape index (κ1) is 15.9. The van der Waals surface area contributed by atoms with Gasteiger partial charge in [0.05, 0.1) is 11.0 Å². The summed E-state index contributed by atoms with van der Waals surface area (Å²) in [6, 6.07) is 5.78. The number of nitriles is 1. The van der Waals surface area contributed by atoms with Crippen LogP contribution >= 0.6 is 0 Å². The van der Waals surface area contributed by atoms with Crippen LogP contribution in [0.2, 0.25) is 0 Å². The van der Waals surface area contributed by atoms with Crippen LogP contribution < -0.4 is 4.72 Å². The van der Waals surface area contributed by atoms with Crippen molar-refractivity contribution in [2.45, 2.75) is 55.9 Å². The largest absolute Gasteiger partial charge is 0.242 e. The lowest BCUT2D eigenvalue weighted by atomic mass is 9.94. The number of hydrogen-bond donors (Lipinski definition) is 1. The van der Waals surface area contributed by atoms with E-state index in [9.17, 15) is 18.1 Å². The molecule has 1 aromatic carbocycles. The van der Waals surface area contributed by atoms with Crippen LogP contribution in [0.4, 0.5) is 4.39 Å². The van der Waals surface area contributed by atoms with Crippen LogP contribution in [-0.4, -0.2) is 14.0 Å². The second-order valence-corrected chi connectivity index (χ2v) is 7.27. The van der Waals surface area contributed by atoms with Crippen molar-refractivity contribution < 1.29 is 12.8 Å². The number of hydrogen-bond acceptors (Lipinski definition) is 3. The second kappa shape index (κ2) is 6.12. The van der Waals surface area contributed by atoms with E-state index < -0.39 is 21.4 Å². The highest BCUT2D eigenvalue weighted by Gasteiger charge is 2.36. The molecule has 0 amide bonds.